The van der Waals surface area contributed by atoms with Gasteiger partial charge in [0.1, 0.15) is 0 Å². The Morgan fingerprint density at radius 2 is 1.81 bits per heavy atom. The van der Waals surface area contributed by atoms with Crippen LogP contribution in [0.3, 0.4) is 0 Å². The van der Waals surface area contributed by atoms with Gasteiger partial charge in [0.25, 0.3) is 5.91 Å². The summed E-state index contributed by atoms with van der Waals surface area (Å²) >= 11 is 0. The van der Waals surface area contributed by atoms with E-state index in [1.165, 1.54) is 11.8 Å². The van der Waals surface area contributed by atoms with Gasteiger partial charge < -0.3 is 14.4 Å². The van der Waals surface area contributed by atoms with Crippen LogP contribution in [0.4, 0.5) is 0 Å². The largest absolute Gasteiger partial charge is 0.449 e. The zero-order valence-corrected chi connectivity index (χ0v) is 17.0. The van der Waals surface area contributed by atoms with Crippen LogP contribution in [0.25, 0.3) is 0 Å². The minimum Gasteiger partial charge on any atom is -0.449 e. The van der Waals surface area contributed by atoms with Crippen molar-refractivity contribution in [3.8, 4) is 0 Å². The Balaban J connectivity index is 1.91. The van der Waals surface area contributed by atoms with Crippen LogP contribution >= 0.6 is 0 Å². The molecular formula is C19H27NO6S. The van der Waals surface area contributed by atoms with Gasteiger partial charge in [0, 0.05) is 13.1 Å². The molecule has 0 radical (unpaired) electrons. The highest BCUT2D eigenvalue weighted by Crippen LogP contribution is 2.18. The topological polar surface area (TPSA) is 90.0 Å². The number of carbonyl (C=O) groups is 2. The predicted octanol–water partition coefficient (Wildman–Crippen LogP) is 1.80. The van der Waals surface area contributed by atoms with Crippen molar-refractivity contribution in [2.75, 3.05) is 18.6 Å². The molecule has 8 heteroatoms. The molecule has 1 aromatic rings. The number of rotatable bonds is 7. The summed E-state index contributed by atoms with van der Waals surface area (Å²) in [4.78, 5) is 26.1. The highest BCUT2D eigenvalue weighted by atomic mass is 32.2. The molecule has 1 amide bonds. The van der Waals surface area contributed by atoms with Gasteiger partial charge in [-0.25, -0.2) is 13.2 Å². The summed E-state index contributed by atoms with van der Waals surface area (Å²) < 4.78 is 33.9. The molecule has 7 nitrogen and oxygen atoms in total. The summed E-state index contributed by atoms with van der Waals surface area (Å²) in [5.41, 5.74) is 1.28. The summed E-state index contributed by atoms with van der Waals surface area (Å²) in [6, 6.07) is 6.45. The van der Waals surface area contributed by atoms with Crippen molar-refractivity contribution in [3.05, 3.63) is 35.4 Å². The van der Waals surface area contributed by atoms with Crippen LogP contribution < -0.4 is 0 Å². The van der Waals surface area contributed by atoms with Crippen LogP contribution in [0.1, 0.15) is 43.1 Å². The zero-order chi connectivity index (χ0) is 20.2. The first-order valence-corrected chi connectivity index (χ1v) is 10.8. The lowest BCUT2D eigenvalue weighted by Crippen LogP contribution is -2.44. The first-order valence-electron chi connectivity index (χ1n) is 8.97. The van der Waals surface area contributed by atoms with Gasteiger partial charge in [0.2, 0.25) is 0 Å². The van der Waals surface area contributed by atoms with Gasteiger partial charge in [0.05, 0.1) is 29.8 Å². The van der Waals surface area contributed by atoms with Crippen molar-refractivity contribution in [2.24, 2.45) is 0 Å². The van der Waals surface area contributed by atoms with E-state index in [0.29, 0.717) is 18.6 Å². The van der Waals surface area contributed by atoms with Crippen molar-refractivity contribution < 1.29 is 27.5 Å². The molecule has 0 aromatic heterocycles. The zero-order valence-electron chi connectivity index (χ0n) is 16.2. The molecule has 1 saturated heterocycles. The third-order valence-electron chi connectivity index (χ3n) is 4.51. The summed E-state index contributed by atoms with van der Waals surface area (Å²) in [5, 5.41) is 0. The van der Waals surface area contributed by atoms with Crippen molar-refractivity contribution in [1.82, 2.24) is 4.90 Å². The average Bonchev–Trinajstić information content (AvgIpc) is 2.98. The highest BCUT2D eigenvalue weighted by molar-refractivity contribution is 7.91. The molecule has 1 aliphatic rings. The predicted molar refractivity (Wildman–Crippen MR) is 101 cm³/mol. The van der Waals surface area contributed by atoms with Crippen LogP contribution in [0.2, 0.25) is 0 Å². The monoisotopic (exact) mass is 397 g/mol. The van der Waals surface area contributed by atoms with Gasteiger partial charge >= 0.3 is 5.97 Å². The molecule has 0 unspecified atom stereocenters. The van der Waals surface area contributed by atoms with E-state index in [1.807, 2.05) is 13.8 Å². The fourth-order valence-corrected chi connectivity index (χ4v) is 4.60. The molecular weight excluding hydrogens is 370 g/mol. The molecule has 1 fully saturated rings. The number of benzene rings is 1. The molecule has 0 bridgehead atoms. The van der Waals surface area contributed by atoms with Gasteiger partial charge in [-0.3, -0.25) is 4.79 Å². The Morgan fingerprint density at radius 1 is 1.19 bits per heavy atom. The molecule has 150 valence electrons. The van der Waals surface area contributed by atoms with E-state index in [-0.39, 0.29) is 23.7 Å². The molecule has 2 rings (SSSR count). The van der Waals surface area contributed by atoms with Gasteiger partial charge in [-0.05, 0) is 44.9 Å². The fraction of sp³-hybridized carbons (Fsp3) is 0.579. The van der Waals surface area contributed by atoms with E-state index in [2.05, 4.69) is 0 Å². The van der Waals surface area contributed by atoms with E-state index >= 15 is 0 Å². The minimum atomic E-state index is -3.09. The summed E-state index contributed by atoms with van der Waals surface area (Å²) in [7, 11) is -1.55. The SMILES string of the molecule is CC(C)OCc1ccc(C(=O)O[C@H](C)C(=O)N(C)[C@@H]2CCS(=O)(=O)C2)cc1. The molecule has 2 atom stereocenters. The van der Waals surface area contributed by atoms with Crippen molar-refractivity contribution in [3.63, 3.8) is 0 Å². The Bertz CT molecular complexity index is 772. The van der Waals surface area contributed by atoms with E-state index < -0.39 is 27.8 Å². The molecule has 1 aliphatic heterocycles. The molecule has 0 N–H and O–H groups in total. The number of esters is 1. The van der Waals surface area contributed by atoms with Crippen LogP contribution in [-0.4, -0.2) is 62.0 Å². The smallest absolute Gasteiger partial charge is 0.338 e. The maximum atomic E-state index is 12.4. The average molecular weight is 397 g/mol. The van der Waals surface area contributed by atoms with Crippen molar-refractivity contribution >= 4 is 21.7 Å². The number of carbonyl (C=O) groups excluding carboxylic acids is 2. The Morgan fingerprint density at radius 3 is 2.33 bits per heavy atom. The second-order valence-corrected chi connectivity index (χ2v) is 9.34. The van der Waals surface area contributed by atoms with Crippen molar-refractivity contribution in [1.29, 1.82) is 0 Å². The first kappa shape index (κ1) is 21.4. The van der Waals surface area contributed by atoms with Crippen LogP contribution in [0, 0.1) is 0 Å². The molecule has 0 spiro atoms. The van der Waals surface area contributed by atoms with Gasteiger partial charge in [-0.1, -0.05) is 12.1 Å². The maximum absolute atomic E-state index is 12.4. The van der Waals surface area contributed by atoms with E-state index in [0.717, 1.165) is 5.56 Å². The normalized spacial score (nSPS) is 19.7. The summed E-state index contributed by atoms with van der Waals surface area (Å²) in [5.74, 6) is -0.974. The lowest BCUT2D eigenvalue weighted by molar-refractivity contribution is -0.140. The number of sulfone groups is 1. The van der Waals surface area contributed by atoms with E-state index in [1.54, 1.807) is 31.3 Å². The highest BCUT2D eigenvalue weighted by Gasteiger charge is 2.35. The third kappa shape index (κ3) is 6.04. The molecule has 1 heterocycles. The van der Waals surface area contributed by atoms with Crippen molar-refractivity contribution in [2.45, 2.75) is 52.0 Å². The van der Waals surface area contributed by atoms with Gasteiger partial charge in [0.15, 0.2) is 15.9 Å². The standard InChI is InChI=1S/C19H27NO6S/c1-13(2)25-11-15-5-7-16(8-6-15)19(22)26-14(3)18(21)20(4)17-9-10-27(23,24)12-17/h5-8,13-14,17H,9-12H2,1-4H3/t14-,17-/m1/s1. The summed E-state index contributed by atoms with van der Waals surface area (Å²) in [6.45, 7) is 5.84. The fourth-order valence-electron chi connectivity index (χ4n) is 2.83. The van der Waals surface area contributed by atoms with Crippen LogP contribution in [0.5, 0.6) is 0 Å². The number of ether oxygens (including phenoxy) is 2. The maximum Gasteiger partial charge on any atom is 0.338 e. The quantitative estimate of drug-likeness (QED) is 0.652. The third-order valence-corrected chi connectivity index (χ3v) is 6.26. The van der Waals surface area contributed by atoms with Crippen LogP contribution in [-0.2, 0) is 30.7 Å². The molecule has 1 aromatic carbocycles. The lowest BCUT2D eigenvalue weighted by Gasteiger charge is -2.26. The number of hydrogen-bond donors (Lipinski definition) is 0. The molecule has 0 aliphatic carbocycles. The molecule has 0 saturated carbocycles. The molecule has 27 heavy (non-hydrogen) atoms. The number of nitrogens with zero attached hydrogens (tertiary/aromatic N) is 1. The number of hydrogen-bond acceptors (Lipinski definition) is 6. The van der Waals surface area contributed by atoms with Crippen LogP contribution in [0.15, 0.2) is 24.3 Å². The van der Waals surface area contributed by atoms with Gasteiger partial charge in [-0.15, -0.1) is 0 Å². The lowest BCUT2D eigenvalue weighted by atomic mass is 10.1. The summed E-state index contributed by atoms with van der Waals surface area (Å²) in [6.07, 6.45) is -0.464. The Labute approximate surface area is 160 Å². The Hall–Kier alpha value is -1.93. The minimum absolute atomic E-state index is 0.0458. The van der Waals surface area contributed by atoms with E-state index in [9.17, 15) is 18.0 Å². The number of amides is 1. The number of likely N-dealkylation sites (N-methyl/N-ethyl adjacent to an activating group) is 1. The Kier molecular flexibility index (Phi) is 7.00. The second-order valence-electron chi connectivity index (χ2n) is 7.11. The van der Waals surface area contributed by atoms with E-state index in [4.69, 9.17) is 9.47 Å². The van der Waals surface area contributed by atoms with Gasteiger partial charge in [-0.2, -0.15) is 0 Å². The second kappa shape index (κ2) is 8.84. The first-order chi connectivity index (χ1) is 12.6.